The van der Waals surface area contributed by atoms with Crippen molar-refractivity contribution in [2.75, 3.05) is 27.9 Å². The van der Waals surface area contributed by atoms with Gasteiger partial charge >= 0.3 is 5.97 Å². The lowest BCUT2D eigenvalue weighted by Crippen LogP contribution is -2.15. The molecule has 0 aliphatic rings. The molecule has 0 saturated heterocycles. The molecule has 3 aromatic rings. The monoisotopic (exact) mass is 469 g/mol. The van der Waals surface area contributed by atoms with Gasteiger partial charge in [-0.05, 0) is 68.3 Å². The third-order valence-corrected chi connectivity index (χ3v) is 5.52. The standard InChI is InChI=1S/C26H28FNO6/c1-16-12-21(17(2)28(16)20-9-7-19(27)8-10-20)22(29)15-34-25(30)11-6-18-13-23(31-3)26(33-5)24(14-18)32-4/h7-10,12-14H,6,11,15H2,1-5H3. The number of carbonyl (C=O) groups is 2. The molecule has 180 valence electrons. The van der Waals surface area contributed by atoms with Gasteiger partial charge in [-0.2, -0.15) is 0 Å². The highest BCUT2D eigenvalue weighted by atomic mass is 19.1. The van der Waals surface area contributed by atoms with E-state index < -0.39 is 5.97 Å². The molecule has 0 N–H and O–H groups in total. The number of esters is 1. The first-order valence-corrected chi connectivity index (χ1v) is 10.7. The third-order valence-electron chi connectivity index (χ3n) is 5.52. The van der Waals surface area contributed by atoms with E-state index >= 15 is 0 Å². The quantitative estimate of drug-likeness (QED) is 0.319. The van der Waals surface area contributed by atoms with E-state index in [0.717, 1.165) is 16.9 Å². The Kier molecular flexibility index (Phi) is 7.94. The zero-order chi connectivity index (χ0) is 24.8. The summed E-state index contributed by atoms with van der Waals surface area (Å²) in [5.41, 5.74) is 3.53. The lowest BCUT2D eigenvalue weighted by Gasteiger charge is -2.14. The predicted molar refractivity (Wildman–Crippen MR) is 125 cm³/mol. The minimum absolute atomic E-state index is 0.0838. The number of hydrogen-bond donors (Lipinski definition) is 0. The molecule has 0 amide bonds. The number of methoxy groups -OCH3 is 3. The zero-order valence-corrected chi connectivity index (χ0v) is 19.9. The van der Waals surface area contributed by atoms with Crippen LogP contribution in [0.4, 0.5) is 4.39 Å². The highest BCUT2D eigenvalue weighted by Crippen LogP contribution is 2.38. The van der Waals surface area contributed by atoms with Crippen molar-refractivity contribution >= 4 is 11.8 Å². The molecular weight excluding hydrogens is 441 g/mol. The van der Waals surface area contributed by atoms with E-state index in [1.165, 1.54) is 33.5 Å². The lowest BCUT2D eigenvalue weighted by molar-refractivity contribution is -0.142. The SMILES string of the molecule is COc1cc(CCC(=O)OCC(=O)c2cc(C)n(-c3ccc(F)cc3)c2C)cc(OC)c1OC. The summed E-state index contributed by atoms with van der Waals surface area (Å²) < 4.78 is 36.3. The fourth-order valence-electron chi connectivity index (χ4n) is 3.85. The largest absolute Gasteiger partial charge is 0.493 e. The van der Waals surface area contributed by atoms with Crippen molar-refractivity contribution < 1.29 is 32.9 Å². The molecule has 3 rings (SSSR count). The van der Waals surface area contributed by atoms with E-state index in [1.807, 2.05) is 11.5 Å². The molecule has 1 heterocycles. The maximum Gasteiger partial charge on any atom is 0.306 e. The molecule has 0 radical (unpaired) electrons. The number of aromatic nitrogens is 1. The summed E-state index contributed by atoms with van der Waals surface area (Å²) in [6, 6.07) is 11.3. The fraction of sp³-hybridized carbons (Fsp3) is 0.308. The maximum atomic E-state index is 13.3. The number of Topliss-reactive ketones (excluding diaryl/α,β-unsaturated/α-hetero) is 1. The average Bonchev–Trinajstić information content (AvgIpc) is 3.14. The number of carbonyl (C=O) groups excluding carboxylic acids is 2. The van der Waals surface area contributed by atoms with Crippen LogP contribution in [0.1, 0.15) is 33.7 Å². The van der Waals surface area contributed by atoms with Crippen LogP contribution in [0.25, 0.3) is 5.69 Å². The van der Waals surface area contributed by atoms with Gasteiger partial charge in [0.05, 0.1) is 21.3 Å². The Morgan fingerprint density at radius 3 is 2.09 bits per heavy atom. The van der Waals surface area contributed by atoms with E-state index in [4.69, 9.17) is 18.9 Å². The minimum Gasteiger partial charge on any atom is -0.493 e. The summed E-state index contributed by atoms with van der Waals surface area (Å²) in [6.07, 6.45) is 0.462. The summed E-state index contributed by atoms with van der Waals surface area (Å²) in [5, 5.41) is 0. The van der Waals surface area contributed by atoms with Crippen LogP contribution < -0.4 is 14.2 Å². The van der Waals surface area contributed by atoms with Crippen LogP contribution in [-0.2, 0) is 16.0 Å². The summed E-state index contributed by atoms with van der Waals surface area (Å²) in [6.45, 7) is 3.30. The Morgan fingerprint density at radius 2 is 1.53 bits per heavy atom. The first-order chi connectivity index (χ1) is 16.3. The van der Waals surface area contributed by atoms with E-state index in [2.05, 4.69) is 0 Å². The van der Waals surface area contributed by atoms with Gasteiger partial charge in [-0.1, -0.05) is 0 Å². The molecule has 1 aromatic heterocycles. The Morgan fingerprint density at radius 1 is 0.912 bits per heavy atom. The van der Waals surface area contributed by atoms with Gasteiger partial charge in [-0.25, -0.2) is 4.39 Å². The summed E-state index contributed by atoms with van der Waals surface area (Å²) in [7, 11) is 4.56. The Bertz CT molecular complexity index is 1160. The molecule has 0 bridgehead atoms. The number of aryl methyl sites for hydroxylation is 2. The van der Waals surface area contributed by atoms with Crippen molar-refractivity contribution in [2.24, 2.45) is 0 Å². The predicted octanol–water partition coefficient (Wildman–Crippen LogP) is 4.62. The molecule has 0 unspecified atom stereocenters. The van der Waals surface area contributed by atoms with Crippen LogP contribution in [0.5, 0.6) is 17.2 Å². The number of hydrogen-bond acceptors (Lipinski definition) is 6. The van der Waals surface area contributed by atoms with Crippen molar-refractivity contribution in [3.8, 4) is 22.9 Å². The van der Waals surface area contributed by atoms with Gasteiger partial charge in [0.15, 0.2) is 18.1 Å². The van der Waals surface area contributed by atoms with Crippen LogP contribution >= 0.6 is 0 Å². The molecular formula is C26H28FNO6. The van der Waals surface area contributed by atoms with E-state index in [0.29, 0.717) is 34.9 Å². The van der Waals surface area contributed by atoms with Crippen LogP contribution in [0.3, 0.4) is 0 Å². The van der Waals surface area contributed by atoms with Crippen LogP contribution in [0.15, 0.2) is 42.5 Å². The zero-order valence-electron chi connectivity index (χ0n) is 19.9. The number of ether oxygens (including phenoxy) is 4. The van der Waals surface area contributed by atoms with Crippen LogP contribution in [-0.4, -0.2) is 44.3 Å². The number of nitrogens with zero attached hydrogens (tertiary/aromatic N) is 1. The van der Waals surface area contributed by atoms with Crippen molar-refractivity contribution in [2.45, 2.75) is 26.7 Å². The molecule has 34 heavy (non-hydrogen) atoms. The summed E-state index contributed by atoms with van der Waals surface area (Å²) in [4.78, 5) is 25.0. The highest BCUT2D eigenvalue weighted by molar-refractivity contribution is 5.99. The second-order valence-electron chi connectivity index (χ2n) is 7.71. The molecule has 0 aliphatic heterocycles. The van der Waals surface area contributed by atoms with Crippen molar-refractivity contribution in [1.29, 1.82) is 0 Å². The molecule has 0 spiro atoms. The van der Waals surface area contributed by atoms with E-state index in [9.17, 15) is 14.0 Å². The molecule has 0 aliphatic carbocycles. The third kappa shape index (κ3) is 5.39. The number of benzene rings is 2. The van der Waals surface area contributed by atoms with Gasteiger partial charge in [0.25, 0.3) is 0 Å². The molecule has 0 saturated carbocycles. The highest BCUT2D eigenvalue weighted by Gasteiger charge is 2.19. The Labute approximate surface area is 198 Å². The molecule has 0 fully saturated rings. The van der Waals surface area contributed by atoms with Gasteiger partial charge in [0, 0.05) is 29.1 Å². The topological polar surface area (TPSA) is 76.0 Å². The van der Waals surface area contributed by atoms with Crippen molar-refractivity contribution in [1.82, 2.24) is 4.57 Å². The van der Waals surface area contributed by atoms with Crippen molar-refractivity contribution in [3.05, 3.63) is 70.8 Å². The number of rotatable bonds is 10. The number of halogens is 1. The first kappa shape index (κ1) is 24.8. The van der Waals surface area contributed by atoms with Crippen LogP contribution in [0, 0.1) is 19.7 Å². The second kappa shape index (κ2) is 10.9. The fourth-order valence-corrected chi connectivity index (χ4v) is 3.85. The molecule has 2 aromatic carbocycles. The molecule has 8 heteroatoms. The lowest BCUT2D eigenvalue weighted by atomic mass is 10.1. The van der Waals surface area contributed by atoms with Gasteiger partial charge in [0.1, 0.15) is 5.82 Å². The van der Waals surface area contributed by atoms with Gasteiger partial charge in [0.2, 0.25) is 11.5 Å². The van der Waals surface area contributed by atoms with Crippen LogP contribution in [0.2, 0.25) is 0 Å². The molecule has 7 nitrogen and oxygen atoms in total. The minimum atomic E-state index is -0.491. The van der Waals surface area contributed by atoms with Gasteiger partial charge in [-0.15, -0.1) is 0 Å². The summed E-state index contributed by atoms with van der Waals surface area (Å²) >= 11 is 0. The van der Waals surface area contributed by atoms with E-state index in [1.54, 1.807) is 37.3 Å². The molecule has 0 atom stereocenters. The average molecular weight is 470 g/mol. The maximum absolute atomic E-state index is 13.3. The Balaban J connectivity index is 1.62. The van der Waals surface area contributed by atoms with Gasteiger partial charge < -0.3 is 23.5 Å². The summed E-state index contributed by atoms with van der Waals surface area (Å²) in [5.74, 6) is 0.340. The normalized spacial score (nSPS) is 10.6. The van der Waals surface area contributed by atoms with E-state index in [-0.39, 0.29) is 24.6 Å². The smallest absolute Gasteiger partial charge is 0.306 e. The van der Waals surface area contributed by atoms with Crippen molar-refractivity contribution in [3.63, 3.8) is 0 Å². The number of ketones is 1. The second-order valence-corrected chi connectivity index (χ2v) is 7.71. The Hall–Kier alpha value is -3.81. The first-order valence-electron chi connectivity index (χ1n) is 10.7. The van der Waals surface area contributed by atoms with Gasteiger partial charge in [-0.3, -0.25) is 9.59 Å².